The van der Waals surface area contributed by atoms with Crippen LogP contribution < -0.4 is 10.1 Å². The van der Waals surface area contributed by atoms with Gasteiger partial charge in [0.05, 0.1) is 5.56 Å². The number of rotatable bonds is 5. The normalized spacial score (nSPS) is 12.4. The molecule has 3 aromatic carbocycles. The number of halogens is 5. The van der Waals surface area contributed by atoms with Crippen molar-refractivity contribution in [1.82, 2.24) is 5.32 Å². The molecule has 3 rings (SSSR count). The van der Waals surface area contributed by atoms with Gasteiger partial charge in [0.15, 0.2) is 17.7 Å². The van der Waals surface area contributed by atoms with Gasteiger partial charge in [-0.3, -0.25) is 4.79 Å². The fourth-order valence-electron chi connectivity index (χ4n) is 3.00. The lowest BCUT2D eigenvalue weighted by Crippen LogP contribution is -2.41. The lowest BCUT2D eigenvalue weighted by Gasteiger charge is -2.23. The topological polar surface area (TPSA) is 38.3 Å². The molecule has 0 heterocycles. The first-order valence-electron chi connectivity index (χ1n) is 9.64. The zero-order valence-corrected chi connectivity index (χ0v) is 19.7. The maximum Gasteiger partial charge on any atom is 0.254 e. The second-order valence-electron chi connectivity index (χ2n) is 8.16. The number of nitrogens with one attached hydrogen (secondary N) is 1. The Kier molecular flexibility index (Phi) is 7.33. The highest BCUT2D eigenvalue weighted by Gasteiger charge is 2.26. The van der Waals surface area contributed by atoms with Gasteiger partial charge in [0, 0.05) is 26.2 Å². The van der Waals surface area contributed by atoms with E-state index in [0.717, 1.165) is 0 Å². The summed E-state index contributed by atoms with van der Waals surface area (Å²) in [5, 5.41) is 3.81. The minimum atomic E-state index is -1.30. The number of hydrogen-bond donors (Lipinski definition) is 1. The van der Waals surface area contributed by atoms with Crippen molar-refractivity contribution in [2.45, 2.75) is 32.4 Å². The van der Waals surface area contributed by atoms with Crippen LogP contribution in [0.4, 0.5) is 8.78 Å². The fraction of sp³-hybridized carbons (Fsp3) is 0.208. The van der Waals surface area contributed by atoms with Gasteiger partial charge in [0.25, 0.3) is 5.91 Å². The molecule has 32 heavy (non-hydrogen) atoms. The van der Waals surface area contributed by atoms with Gasteiger partial charge in [0.2, 0.25) is 5.82 Å². The summed E-state index contributed by atoms with van der Waals surface area (Å²) in [4.78, 5) is 12.3. The lowest BCUT2D eigenvalue weighted by atomic mass is 10.0. The van der Waals surface area contributed by atoms with Crippen LogP contribution in [0.5, 0.6) is 5.75 Å². The van der Waals surface area contributed by atoms with Crippen LogP contribution in [0.2, 0.25) is 15.1 Å². The maximum atomic E-state index is 14.9. The predicted molar refractivity (Wildman–Crippen MR) is 124 cm³/mol. The number of amides is 1. The van der Waals surface area contributed by atoms with Crippen molar-refractivity contribution in [3.05, 3.63) is 98.0 Å². The number of benzene rings is 3. The van der Waals surface area contributed by atoms with Crippen LogP contribution in [0.1, 0.15) is 48.4 Å². The predicted octanol–water partition coefficient (Wildman–Crippen LogP) is 7.62. The zero-order valence-electron chi connectivity index (χ0n) is 17.5. The average molecular weight is 499 g/mol. The van der Waals surface area contributed by atoms with E-state index in [4.69, 9.17) is 39.5 Å². The monoisotopic (exact) mass is 497 g/mol. The van der Waals surface area contributed by atoms with Crippen LogP contribution in [0.25, 0.3) is 0 Å². The largest absolute Gasteiger partial charge is 0.478 e. The molecule has 0 fully saturated rings. The number of hydrogen-bond acceptors (Lipinski definition) is 2. The van der Waals surface area contributed by atoms with Crippen LogP contribution >= 0.6 is 34.8 Å². The van der Waals surface area contributed by atoms with E-state index in [1.165, 1.54) is 18.2 Å². The third-order valence-corrected chi connectivity index (χ3v) is 5.26. The molecule has 8 heteroatoms. The van der Waals surface area contributed by atoms with Gasteiger partial charge in [-0.25, -0.2) is 4.39 Å². The van der Waals surface area contributed by atoms with E-state index in [9.17, 15) is 13.6 Å². The highest BCUT2D eigenvalue weighted by molar-refractivity contribution is 6.35. The molecule has 1 amide bonds. The molecule has 168 valence electrons. The number of carbonyl (C=O) groups excluding carboxylic acids is 1. The molecule has 3 aromatic rings. The van der Waals surface area contributed by atoms with Crippen LogP contribution in [-0.4, -0.2) is 11.4 Å². The van der Waals surface area contributed by atoms with Crippen molar-refractivity contribution in [3.63, 3.8) is 0 Å². The molecule has 0 spiro atoms. The lowest BCUT2D eigenvalue weighted by molar-refractivity contribution is 0.0914. The third-order valence-electron chi connectivity index (χ3n) is 4.44. The van der Waals surface area contributed by atoms with Gasteiger partial charge in [-0.15, -0.1) is 0 Å². The molecule has 0 saturated heterocycles. The summed E-state index contributed by atoms with van der Waals surface area (Å²) in [6.07, 6.45) is -0.889. The maximum absolute atomic E-state index is 14.9. The Hall–Kier alpha value is -2.34. The molecule has 0 aliphatic rings. The van der Waals surface area contributed by atoms with Gasteiger partial charge in [-0.1, -0.05) is 53.0 Å². The summed E-state index contributed by atoms with van der Waals surface area (Å²) in [6.45, 7) is 5.22. The van der Waals surface area contributed by atoms with E-state index < -0.39 is 34.7 Å². The first-order chi connectivity index (χ1) is 15.0. The Morgan fingerprint density at radius 1 is 0.906 bits per heavy atom. The van der Waals surface area contributed by atoms with Crippen molar-refractivity contribution in [2.24, 2.45) is 0 Å². The zero-order chi connectivity index (χ0) is 23.6. The molecular weight excluding hydrogens is 479 g/mol. The average Bonchev–Trinajstić information content (AvgIpc) is 2.69. The van der Waals surface area contributed by atoms with E-state index in [2.05, 4.69) is 5.32 Å². The summed E-state index contributed by atoms with van der Waals surface area (Å²) in [6, 6.07) is 13.9. The van der Waals surface area contributed by atoms with Crippen LogP contribution in [0.15, 0.2) is 54.6 Å². The van der Waals surface area contributed by atoms with Gasteiger partial charge in [-0.05, 0) is 62.7 Å². The van der Waals surface area contributed by atoms with Crippen molar-refractivity contribution in [2.75, 3.05) is 0 Å². The van der Waals surface area contributed by atoms with Crippen molar-refractivity contribution in [3.8, 4) is 5.75 Å². The number of carbonyl (C=O) groups is 1. The van der Waals surface area contributed by atoms with Crippen molar-refractivity contribution in [1.29, 1.82) is 0 Å². The van der Waals surface area contributed by atoms with Crippen molar-refractivity contribution < 1.29 is 18.3 Å². The SMILES string of the molecule is CC(C)(C)NC(=O)c1ccc(OC(c2ccc(Cl)cc2)c2ccc(Cl)cc2Cl)c(F)c1F. The summed E-state index contributed by atoms with van der Waals surface area (Å²) in [5.41, 5.74) is 0.0678. The molecule has 1 atom stereocenters. The van der Waals surface area contributed by atoms with Crippen LogP contribution in [-0.2, 0) is 0 Å². The molecule has 0 saturated carbocycles. The van der Waals surface area contributed by atoms with E-state index in [1.54, 1.807) is 57.2 Å². The quantitative estimate of drug-likeness (QED) is 0.393. The van der Waals surface area contributed by atoms with E-state index in [0.29, 0.717) is 26.2 Å². The molecule has 0 aliphatic heterocycles. The van der Waals surface area contributed by atoms with E-state index >= 15 is 0 Å². The minimum Gasteiger partial charge on any atom is -0.478 e. The molecule has 0 radical (unpaired) electrons. The fourth-order valence-corrected chi connectivity index (χ4v) is 3.63. The molecule has 0 bridgehead atoms. The smallest absolute Gasteiger partial charge is 0.254 e. The van der Waals surface area contributed by atoms with Gasteiger partial charge in [0.1, 0.15) is 0 Å². The van der Waals surface area contributed by atoms with E-state index in [-0.39, 0.29) is 5.75 Å². The molecule has 0 aromatic heterocycles. The summed E-state index contributed by atoms with van der Waals surface area (Å²) in [5.74, 6) is -3.69. The Bertz CT molecular complexity index is 1150. The van der Waals surface area contributed by atoms with Crippen molar-refractivity contribution >= 4 is 40.7 Å². The molecule has 3 nitrogen and oxygen atoms in total. The standard InChI is InChI=1S/C24H20Cl3F2NO2/c1-24(2,3)30-23(31)17-10-11-19(21(29)20(17)28)32-22(13-4-6-14(25)7-5-13)16-9-8-15(26)12-18(16)27/h4-12,22H,1-3H3,(H,30,31). The molecule has 1 unspecified atom stereocenters. The highest BCUT2D eigenvalue weighted by atomic mass is 35.5. The van der Waals surface area contributed by atoms with Gasteiger partial charge >= 0.3 is 0 Å². The van der Waals surface area contributed by atoms with E-state index in [1.807, 2.05) is 0 Å². The summed E-state index contributed by atoms with van der Waals surface area (Å²) in [7, 11) is 0. The Balaban J connectivity index is 2.02. The molecule has 1 N–H and O–H groups in total. The number of ether oxygens (including phenoxy) is 1. The highest BCUT2D eigenvalue weighted by Crippen LogP contribution is 2.36. The van der Waals surface area contributed by atoms with Gasteiger partial charge < -0.3 is 10.1 Å². The second kappa shape index (κ2) is 9.65. The van der Waals surface area contributed by atoms with Gasteiger partial charge in [-0.2, -0.15) is 4.39 Å². The Morgan fingerprint density at radius 3 is 2.12 bits per heavy atom. The third kappa shape index (κ3) is 5.71. The Labute approximate surface area is 200 Å². The van der Waals surface area contributed by atoms with Crippen LogP contribution in [0, 0.1) is 11.6 Å². The summed E-state index contributed by atoms with van der Waals surface area (Å²) >= 11 is 18.3. The summed E-state index contributed by atoms with van der Waals surface area (Å²) < 4.78 is 35.5. The second-order valence-corrected chi connectivity index (χ2v) is 9.44. The molecular formula is C24H20Cl3F2NO2. The first-order valence-corrected chi connectivity index (χ1v) is 10.8. The first kappa shape index (κ1) is 24.3. The molecule has 0 aliphatic carbocycles. The minimum absolute atomic E-state index is 0.291. The Morgan fingerprint density at radius 2 is 1.53 bits per heavy atom. The van der Waals surface area contributed by atoms with Crippen LogP contribution in [0.3, 0.4) is 0 Å².